The zero-order chi connectivity index (χ0) is 11.7. The average Bonchev–Trinajstić information content (AvgIpc) is 3.15. The van der Waals surface area contributed by atoms with Crippen LogP contribution in [0.5, 0.6) is 0 Å². The summed E-state index contributed by atoms with van der Waals surface area (Å²) in [7, 11) is 0. The van der Waals surface area contributed by atoms with E-state index in [0.29, 0.717) is 0 Å². The summed E-state index contributed by atoms with van der Waals surface area (Å²) in [6.07, 6.45) is 3.94. The standard InChI is InChI=1S/C16H14Cl/c17-16-8-4-3-7-15(16)14-6-2-1-5-13(14)11-12-9-10-12/h1-7,12H,9-11H2. The molecule has 1 aliphatic carbocycles. The quantitative estimate of drug-likeness (QED) is 0.727. The molecule has 1 saturated carbocycles. The van der Waals surface area contributed by atoms with E-state index >= 15 is 0 Å². The van der Waals surface area contributed by atoms with Crippen molar-refractivity contribution >= 4 is 11.6 Å². The molecule has 0 aliphatic heterocycles. The highest BCUT2D eigenvalue weighted by Gasteiger charge is 2.22. The number of halogens is 1. The zero-order valence-electron chi connectivity index (χ0n) is 9.62. The predicted molar refractivity (Wildman–Crippen MR) is 72.2 cm³/mol. The van der Waals surface area contributed by atoms with Crippen molar-refractivity contribution < 1.29 is 0 Å². The number of benzene rings is 2. The number of rotatable bonds is 3. The Morgan fingerprint density at radius 2 is 1.82 bits per heavy atom. The van der Waals surface area contributed by atoms with Crippen LogP contribution in [0.1, 0.15) is 18.4 Å². The molecule has 17 heavy (non-hydrogen) atoms. The van der Waals surface area contributed by atoms with Gasteiger partial charge in [-0.05, 0) is 36.3 Å². The zero-order valence-corrected chi connectivity index (χ0v) is 10.4. The lowest BCUT2D eigenvalue weighted by Gasteiger charge is -2.10. The van der Waals surface area contributed by atoms with E-state index in [0.717, 1.165) is 16.5 Å². The van der Waals surface area contributed by atoms with Gasteiger partial charge >= 0.3 is 0 Å². The molecule has 0 saturated heterocycles. The Morgan fingerprint density at radius 1 is 1.06 bits per heavy atom. The van der Waals surface area contributed by atoms with Crippen molar-refractivity contribution in [2.24, 2.45) is 5.92 Å². The van der Waals surface area contributed by atoms with Crippen LogP contribution in [-0.4, -0.2) is 0 Å². The molecule has 85 valence electrons. The van der Waals surface area contributed by atoms with Gasteiger partial charge in [0, 0.05) is 11.6 Å². The summed E-state index contributed by atoms with van der Waals surface area (Å²) in [6, 6.07) is 17.6. The molecule has 0 nitrogen and oxygen atoms in total. The van der Waals surface area contributed by atoms with Gasteiger partial charge in [0.2, 0.25) is 0 Å². The third-order valence-corrected chi connectivity index (χ3v) is 3.63. The molecule has 0 spiro atoms. The first-order chi connectivity index (χ1) is 8.34. The SMILES string of the molecule is Clc1[c]cccc1-c1ccccc1CC1CC1. The molecule has 2 aromatic carbocycles. The minimum absolute atomic E-state index is 0.718. The van der Waals surface area contributed by atoms with Crippen molar-refractivity contribution in [1.82, 2.24) is 0 Å². The smallest absolute Gasteiger partial charge is 0.0563 e. The van der Waals surface area contributed by atoms with Crippen molar-refractivity contribution in [2.45, 2.75) is 19.3 Å². The molecular weight excluding hydrogens is 228 g/mol. The minimum Gasteiger partial charge on any atom is -0.0830 e. The lowest BCUT2D eigenvalue weighted by molar-refractivity contribution is 0.834. The first-order valence-electron chi connectivity index (χ1n) is 6.09. The maximum Gasteiger partial charge on any atom is 0.0563 e. The second kappa shape index (κ2) is 4.54. The second-order valence-corrected chi connectivity index (χ2v) is 5.08. The summed E-state index contributed by atoms with van der Waals surface area (Å²) in [5.41, 5.74) is 3.78. The Balaban J connectivity index is 2.04. The predicted octanol–water partition coefficient (Wildman–Crippen LogP) is 4.76. The molecule has 0 bridgehead atoms. The summed E-state index contributed by atoms with van der Waals surface area (Å²) >= 11 is 6.23. The van der Waals surface area contributed by atoms with E-state index in [4.69, 9.17) is 11.6 Å². The summed E-state index contributed by atoms with van der Waals surface area (Å²) in [4.78, 5) is 0. The van der Waals surface area contributed by atoms with Gasteiger partial charge < -0.3 is 0 Å². The van der Waals surface area contributed by atoms with Crippen LogP contribution in [0.3, 0.4) is 0 Å². The molecular formula is C16H14Cl. The topological polar surface area (TPSA) is 0 Å². The Morgan fingerprint density at radius 3 is 2.59 bits per heavy atom. The maximum atomic E-state index is 6.23. The average molecular weight is 242 g/mol. The van der Waals surface area contributed by atoms with E-state index in [9.17, 15) is 0 Å². The summed E-state index contributed by atoms with van der Waals surface area (Å²) in [5, 5.41) is 0.718. The van der Waals surface area contributed by atoms with Crippen LogP contribution in [0, 0.1) is 12.0 Å². The number of hydrogen-bond donors (Lipinski definition) is 0. The molecule has 0 N–H and O–H groups in total. The molecule has 0 heterocycles. The first-order valence-corrected chi connectivity index (χ1v) is 6.47. The number of hydrogen-bond acceptors (Lipinski definition) is 0. The van der Waals surface area contributed by atoms with E-state index in [2.05, 4.69) is 36.4 Å². The molecule has 0 unspecified atom stereocenters. The third-order valence-electron chi connectivity index (χ3n) is 3.32. The largest absolute Gasteiger partial charge is 0.0830 e. The fourth-order valence-electron chi connectivity index (χ4n) is 2.22. The van der Waals surface area contributed by atoms with E-state index in [1.54, 1.807) is 0 Å². The van der Waals surface area contributed by atoms with Crippen molar-refractivity contribution in [3.05, 3.63) is 59.1 Å². The van der Waals surface area contributed by atoms with Gasteiger partial charge in [-0.1, -0.05) is 54.1 Å². The Bertz CT molecular complexity index is 527. The molecule has 1 aliphatic rings. The highest BCUT2D eigenvalue weighted by molar-refractivity contribution is 6.33. The van der Waals surface area contributed by atoms with Crippen LogP contribution >= 0.6 is 11.6 Å². The first kappa shape index (κ1) is 10.9. The van der Waals surface area contributed by atoms with Gasteiger partial charge in [0.05, 0.1) is 5.02 Å². The Kier molecular flexibility index (Phi) is 2.90. The highest BCUT2D eigenvalue weighted by Crippen LogP contribution is 2.37. The molecule has 0 amide bonds. The molecule has 0 aromatic heterocycles. The van der Waals surface area contributed by atoms with Crippen molar-refractivity contribution in [3.8, 4) is 11.1 Å². The summed E-state index contributed by atoms with van der Waals surface area (Å²) in [5.74, 6) is 0.891. The monoisotopic (exact) mass is 241 g/mol. The fourth-order valence-corrected chi connectivity index (χ4v) is 2.45. The van der Waals surface area contributed by atoms with Crippen LogP contribution in [-0.2, 0) is 6.42 Å². The van der Waals surface area contributed by atoms with Crippen molar-refractivity contribution in [3.63, 3.8) is 0 Å². The molecule has 1 fully saturated rings. The van der Waals surface area contributed by atoms with E-state index in [-0.39, 0.29) is 0 Å². The van der Waals surface area contributed by atoms with Crippen molar-refractivity contribution in [1.29, 1.82) is 0 Å². The van der Waals surface area contributed by atoms with Crippen LogP contribution < -0.4 is 0 Å². The van der Waals surface area contributed by atoms with E-state index in [1.807, 2.05) is 12.1 Å². The van der Waals surface area contributed by atoms with Gasteiger partial charge in [-0.15, -0.1) is 0 Å². The van der Waals surface area contributed by atoms with Gasteiger partial charge in [-0.3, -0.25) is 0 Å². The van der Waals surface area contributed by atoms with E-state index < -0.39 is 0 Å². The second-order valence-electron chi connectivity index (χ2n) is 4.70. The Hall–Kier alpha value is -1.27. The van der Waals surface area contributed by atoms with Crippen LogP contribution in [0.4, 0.5) is 0 Å². The van der Waals surface area contributed by atoms with Crippen LogP contribution in [0.2, 0.25) is 5.02 Å². The fraction of sp³-hybridized carbons (Fsp3) is 0.250. The van der Waals surface area contributed by atoms with Gasteiger partial charge in [-0.25, -0.2) is 0 Å². The van der Waals surface area contributed by atoms with Gasteiger partial charge in [0.25, 0.3) is 0 Å². The highest BCUT2D eigenvalue weighted by atomic mass is 35.5. The lowest BCUT2D eigenvalue weighted by Crippen LogP contribution is -1.92. The lowest BCUT2D eigenvalue weighted by atomic mass is 9.96. The van der Waals surface area contributed by atoms with Crippen LogP contribution in [0.15, 0.2) is 42.5 Å². The van der Waals surface area contributed by atoms with Gasteiger partial charge in [0.15, 0.2) is 0 Å². The summed E-state index contributed by atoms with van der Waals surface area (Å²) < 4.78 is 0. The summed E-state index contributed by atoms with van der Waals surface area (Å²) in [6.45, 7) is 0. The van der Waals surface area contributed by atoms with Crippen molar-refractivity contribution in [2.75, 3.05) is 0 Å². The van der Waals surface area contributed by atoms with E-state index in [1.165, 1.54) is 30.4 Å². The molecule has 2 aromatic rings. The maximum absolute atomic E-state index is 6.23. The Labute approximate surface area is 107 Å². The van der Waals surface area contributed by atoms with Gasteiger partial charge in [-0.2, -0.15) is 0 Å². The third kappa shape index (κ3) is 2.37. The molecule has 1 radical (unpaired) electrons. The molecule has 3 rings (SSSR count). The normalized spacial score (nSPS) is 14.9. The van der Waals surface area contributed by atoms with Gasteiger partial charge in [0.1, 0.15) is 0 Å². The van der Waals surface area contributed by atoms with Crippen LogP contribution in [0.25, 0.3) is 11.1 Å². The molecule has 1 heteroatoms. The molecule has 0 atom stereocenters. The minimum atomic E-state index is 0.718.